The zero-order chi connectivity index (χ0) is 31.2. The summed E-state index contributed by atoms with van der Waals surface area (Å²) in [5.74, 6) is 1.92. The molecule has 0 amide bonds. The molecule has 0 N–H and O–H groups in total. The van der Waals surface area contributed by atoms with Gasteiger partial charge in [0, 0.05) is 0 Å². The predicted octanol–water partition coefficient (Wildman–Crippen LogP) is 10.1. The van der Waals surface area contributed by atoms with E-state index in [-0.39, 0.29) is 16.2 Å². The maximum absolute atomic E-state index is 7.50. The van der Waals surface area contributed by atoms with Crippen LogP contribution >= 0.6 is 30.0 Å². The van der Waals surface area contributed by atoms with Gasteiger partial charge >= 0.3 is 264 Å². The van der Waals surface area contributed by atoms with E-state index in [0.29, 0.717) is 17.2 Å². The van der Waals surface area contributed by atoms with E-state index < -0.39 is 14.7 Å². The molecule has 0 bridgehead atoms. The van der Waals surface area contributed by atoms with E-state index in [1.165, 1.54) is 0 Å². The fourth-order valence-corrected chi connectivity index (χ4v) is 13.2. The predicted molar refractivity (Wildman–Crippen MR) is 178 cm³/mol. The van der Waals surface area contributed by atoms with Crippen molar-refractivity contribution in [3.05, 3.63) is 88.0 Å². The molecule has 224 valence electrons. The second kappa shape index (κ2) is 11.9. The van der Waals surface area contributed by atoms with Gasteiger partial charge in [-0.05, 0) is 0 Å². The SMILES string of the molecule is COc1ccc(C(C)(C)C)cc1[C](c1cc(C(C)(C)C)ccc1OC)(c1cc(C(C)(C)C)ccc1OC)[Ge]([Cl])([Cl])[Cl]. The summed E-state index contributed by atoms with van der Waals surface area (Å²) >= 11 is 0. The van der Waals surface area contributed by atoms with Crippen LogP contribution in [0.1, 0.15) is 95.7 Å². The van der Waals surface area contributed by atoms with Gasteiger partial charge in [0.05, 0.1) is 0 Å². The topological polar surface area (TPSA) is 27.7 Å². The van der Waals surface area contributed by atoms with Gasteiger partial charge in [0.2, 0.25) is 0 Å². The van der Waals surface area contributed by atoms with Crippen LogP contribution in [-0.2, 0) is 20.5 Å². The van der Waals surface area contributed by atoms with Gasteiger partial charge in [0.1, 0.15) is 0 Å². The van der Waals surface area contributed by atoms with Crippen LogP contribution < -0.4 is 14.2 Å². The standard InChI is InChI=1S/C34H45Cl3GeO3/c1-31(2,3)22-13-16-28(39-10)25(19-22)34(38(35,36)37,26-20-23(32(4,5)6)14-17-29(26)40-11)27-21-24(33(7,8)9)15-18-30(27)41-12/h13-21H,1-12H3. The van der Waals surface area contributed by atoms with E-state index in [2.05, 4.69) is 98.7 Å². The molecule has 0 unspecified atom stereocenters. The molecule has 3 aromatic carbocycles. The molecule has 0 saturated heterocycles. The second-order valence-electron chi connectivity index (χ2n) is 13.7. The fraction of sp³-hybridized carbons (Fsp3) is 0.471. The van der Waals surface area contributed by atoms with Crippen molar-refractivity contribution in [2.24, 2.45) is 0 Å². The van der Waals surface area contributed by atoms with Gasteiger partial charge < -0.3 is 0 Å². The summed E-state index contributed by atoms with van der Waals surface area (Å²) in [5.41, 5.74) is 5.19. The maximum atomic E-state index is 7.50. The Hall–Kier alpha value is -1.53. The molecular weight excluding hydrogens is 635 g/mol. The van der Waals surface area contributed by atoms with E-state index in [0.717, 1.165) is 33.4 Å². The van der Waals surface area contributed by atoms with Crippen LogP contribution in [0.4, 0.5) is 0 Å². The van der Waals surface area contributed by atoms with Crippen molar-refractivity contribution in [2.45, 2.75) is 82.8 Å². The molecule has 7 heteroatoms. The Morgan fingerprint density at radius 3 is 0.878 bits per heavy atom. The van der Waals surface area contributed by atoms with E-state index >= 15 is 0 Å². The van der Waals surface area contributed by atoms with Crippen LogP contribution in [0.3, 0.4) is 0 Å². The molecule has 3 rings (SSSR count). The average molecular weight is 681 g/mol. The van der Waals surface area contributed by atoms with Gasteiger partial charge in [-0.15, -0.1) is 0 Å². The molecule has 41 heavy (non-hydrogen) atoms. The molecule has 0 saturated carbocycles. The van der Waals surface area contributed by atoms with Crippen molar-refractivity contribution >= 4 is 40.5 Å². The molecule has 0 fully saturated rings. The van der Waals surface area contributed by atoms with Gasteiger partial charge in [0.15, 0.2) is 0 Å². The van der Waals surface area contributed by atoms with E-state index in [4.69, 9.17) is 44.2 Å². The van der Waals surface area contributed by atoms with Gasteiger partial charge in [-0.25, -0.2) is 0 Å². The monoisotopic (exact) mass is 680 g/mol. The second-order valence-corrected chi connectivity index (χ2v) is 29.3. The zero-order valence-electron chi connectivity index (χ0n) is 26.6. The van der Waals surface area contributed by atoms with Crippen molar-refractivity contribution in [2.75, 3.05) is 21.3 Å². The molecular formula is C34H45Cl3GeO3. The Bertz CT molecular complexity index is 1230. The summed E-state index contributed by atoms with van der Waals surface area (Å²) < 4.78 is 17.0. The average Bonchev–Trinajstić information content (AvgIpc) is 2.86. The first-order valence-corrected chi connectivity index (χ1v) is 23.2. The van der Waals surface area contributed by atoms with Gasteiger partial charge in [-0.2, -0.15) is 0 Å². The first-order chi connectivity index (χ1) is 18.7. The number of hydrogen-bond donors (Lipinski definition) is 0. The first kappa shape index (κ1) is 34.0. The summed E-state index contributed by atoms with van der Waals surface area (Å²) in [6, 6.07) is 18.7. The number of rotatable bonds is 7. The normalized spacial score (nSPS) is 13.2. The molecule has 0 spiro atoms. The van der Waals surface area contributed by atoms with Crippen molar-refractivity contribution in [3.8, 4) is 17.2 Å². The molecule has 3 nitrogen and oxygen atoms in total. The minimum absolute atomic E-state index is 0.165. The molecule has 0 atom stereocenters. The Morgan fingerprint density at radius 1 is 0.463 bits per heavy atom. The minimum atomic E-state index is -4.55. The fourth-order valence-electron chi connectivity index (χ4n) is 5.30. The van der Waals surface area contributed by atoms with Crippen LogP contribution in [0.5, 0.6) is 17.2 Å². The van der Waals surface area contributed by atoms with E-state index in [9.17, 15) is 0 Å². The Kier molecular flexibility index (Phi) is 9.83. The third kappa shape index (κ3) is 6.54. The molecule has 0 heterocycles. The Balaban J connectivity index is 2.79. The van der Waals surface area contributed by atoms with Crippen molar-refractivity contribution in [1.82, 2.24) is 0 Å². The van der Waals surface area contributed by atoms with Crippen molar-refractivity contribution in [3.63, 3.8) is 0 Å². The number of benzene rings is 3. The third-order valence-electron chi connectivity index (χ3n) is 7.83. The molecule has 3 aromatic rings. The van der Waals surface area contributed by atoms with Gasteiger partial charge in [0.25, 0.3) is 0 Å². The van der Waals surface area contributed by atoms with Crippen molar-refractivity contribution < 1.29 is 14.2 Å². The molecule has 0 radical (unpaired) electrons. The van der Waals surface area contributed by atoms with Crippen LogP contribution in [-0.4, -0.2) is 31.8 Å². The van der Waals surface area contributed by atoms with Crippen molar-refractivity contribution in [1.29, 1.82) is 0 Å². The zero-order valence-corrected chi connectivity index (χ0v) is 30.9. The molecule has 0 aromatic heterocycles. The summed E-state index contributed by atoms with van der Waals surface area (Å²) in [6.07, 6.45) is 0. The third-order valence-corrected chi connectivity index (χ3v) is 15.7. The van der Waals surface area contributed by atoms with E-state index in [1.54, 1.807) is 21.3 Å². The van der Waals surface area contributed by atoms with Gasteiger partial charge in [-0.1, -0.05) is 0 Å². The summed E-state index contributed by atoms with van der Waals surface area (Å²) in [5, 5.41) is 0. The van der Waals surface area contributed by atoms with Gasteiger partial charge in [-0.3, -0.25) is 0 Å². The Labute approximate surface area is 262 Å². The first-order valence-electron chi connectivity index (χ1n) is 13.9. The number of ether oxygens (including phenoxy) is 3. The van der Waals surface area contributed by atoms with Crippen LogP contribution in [0.15, 0.2) is 54.6 Å². The van der Waals surface area contributed by atoms with E-state index in [1.807, 2.05) is 18.2 Å². The Morgan fingerprint density at radius 2 is 0.707 bits per heavy atom. The number of halogens is 3. The summed E-state index contributed by atoms with van der Waals surface area (Å²) in [7, 11) is 22.9. The number of hydrogen-bond acceptors (Lipinski definition) is 3. The van der Waals surface area contributed by atoms with Crippen LogP contribution in [0, 0.1) is 0 Å². The quantitative estimate of drug-likeness (QED) is 0.184. The summed E-state index contributed by atoms with van der Waals surface area (Å²) in [6.45, 7) is 19.6. The number of methoxy groups -OCH3 is 3. The molecule has 0 aliphatic heterocycles. The van der Waals surface area contributed by atoms with Crippen LogP contribution in [0.2, 0.25) is 0 Å². The molecule has 0 aliphatic carbocycles. The summed E-state index contributed by atoms with van der Waals surface area (Å²) in [4.78, 5) is 0. The van der Waals surface area contributed by atoms with Crippen LogP contribution in [0.25, 0.3) is 0 Å². The molecule has 0 aliphatic rings.